The molecule has 9 heteroatoms. The molecule has 0 saturated carbocycles. The van der Waals surface area contributed by atoms with Crippen LogP contribution >= 0.6 is 0 Å². The molecular formula is C27H31N3O6. The first kappa shape index (κ1) is 25.1. The van der Waals surface area contributed by atoms with Crippen LogP contribution in [0.2, 0.25) is 0 Å². The second kappa shape index (κ2) is 11.2. The van der Waals surface area contributed by atoms with Crippen molar-refractivity contribution in [2.75, 3.05) is 39.2 Å². The van der Waals surface area contributed by atoms with Gasteiger partial charge in [-0.2, -0.15) is 0 Å². The molecule has 4 rings (SSSR count). The van der Waals surface area contributed by atoms with Crippen molar-refractivity contribution in [2.24, 2.45) is 0 Å². The Labute approximate surface area is 209 Å². The maximum atomic E-state index is 13.3. The normalized spacial score (nSPS) is 13.9. The van der Waals surface area contributed by atoms with E-state index < -0.39 is 0 Å². The van der Waals surface area contributed by atoms with Crippen LogP contribution in [0.3, 0.4) is 0 Å². The number of hydrogen-bond donors (Lipinski definition) is 1. The summed E-state index contributed by atoms with van der Waals surface area (Å²) in [5.74, 6) is 0.949. The van der Waals surface area contributed by atoms with Crippen LogP contribution in [0.5, 0.6) is 11.5 Å². The average Bonchev–Trinajstić information content (AvgIpc) is 2.89. The van der Waals surface area contributed by atoms with E-state index in [0.29, 0.717) is 60.5 Å². The van der Waals surface area contributed by atoms with E-state index in [1.165, 1.54) is 0 Å². The highest BCUT2D eigenvalue weighted by molar-refractivity contribution is 6.02. The average molecular weight is 494 g/mol. The van der Waals surface area contributed by atoms with E-state index >= 15 is 0 Å². The number of hydrogen-bond acceptors (Lipinski definition) is 6. The summed E-state index contributed by atoms with van der Waals surface area (Å²) in [6, 6.07) is 12.5. The molecule has 1 N–H and O–H groups in total. The smallest absolute Gasteiger partial charge is 0.409 e. The minimum Gasteiger partial charge on any atom is -0.493 e. The number of nitrogens with one attached hydrogen (secondary N) is 1. The number of benzene rings is 2. The van der Waals surface area contributed by atoms with Crippen LogP contribution in [0, 0.1) is 0 Å². The third kappa shape index (κ3) is 5.30. The van der Waals surface area contributed by atoms with Crippen molar-refractivity contribution in [3.8, 4) is 11.5 Å². The summed E-state index contributed by atoms with van der Waals surface area (Å²) in [5, 5.41) is 4.16. The van der Waals surface area contributed by atoms with E-state index in [1.807, 2.05) is 12.1 Å². The lowest BCUT2D eigenvalue weighted by molar-refractivity contribution is -0.115. The SMILES string of the molecule is CCOC(=O)N1CCC(n2ccc3c(NC(=O)Cc4ccc(OC)c(OC)c4)cccc3c2=O)CC1. The monoisotopic (exact) mass is 493 g/mol. The molecule has 36 heavy (non-hydrogen) atoms. The number of fused-ring (bicyclic) bond motifs is 1. The molecule has 0 aliphatic carbocycles. The molecule has 9 nitrogen and oxygen atoms in total. The number of rotatable bonds is 7. The van der Waals surface area contributed by atoms with Crippen molar-refractivity contribution in [1.29, 1.82) is 0 Å². The fraction of sp³-hybridized carbons (Fsp3) is 0.370. The molecule has 1 fully saturated rings. The van der Waals surface area contributed by atoms with Crippen molar-refractivity contribution in [1.82, 2.24) is 9.47 Å². The number of pyridine rings is 1. The Bertz CT molecular complexity index is 1310. The van der Waals surface area contributed by atoms with Gasteiger partial charge in [-0.05, 0) is 55.7 Å². The zero-order valence-electron chi connectivity index (χ0n) is 20.8. The number of methoxy groups -OCH3 is 2. The van der Waals surface area contributed by atoms with Crippen LogP contribution in [-0.2, 0) is 16.0 Å². The maximum absolute atomic E-state index is 13.3. The Morgan fingerprint density at radius 1 is 1.00 bits per heavy atom. The van der Waals surface area contributed by atoms with E-state index in [9.17, 15) is 14.4 Å². The van der Waals surface area contributed by atoms with Crippen molar-refractivity contribution in [2.45, 2.75) is 32.2 Å². The van der Waals surface area contributed by atoms with Crippen molar-refractivity contribution in [3.63, 3.8) is 0 Å². The fourth-order valence-corrected chi connectivity index (χ4v) is 4.60. The van der Waals surface area contributed by atoms with Gasteiger partial charge in [0, 0.05) is 41.8 Å². The van der Waals surface area contributed by atoms with Crippen LogP contribution in [0.1, 0.15) is 31.4 Å². The molecule has 0 unspecified atom stereocenters. The lowest BCUT2D eigenvalue weighted by Gasteiger charge is -2.32. The zero-order chi connectivity index (χ0) is 25.7. The van der Waals surface area contributed by atoms with Gasteiger partial charge in [-0.1, -0.05) is 12.1 Å². The number of ether oxygens (including phenoxy) is 3. The van der Waals surface area contributed by atoms with E-state index in [0.717, 1.165) is 5.56 Å². The second-order valence-electron chi connectivity index (χ2n) is 8.63. The Balaban J connectivity index is 1.49. The molecule has 1 aromatic heterocycles. The molecule has 1 aliphatic rings. The van der Waals surface area contributed by atoms with Crippen molar-refractivity contribution >= 4 is 28.5 Å². The van der Waals surface area contributed by atoms with Crippen molar-refractivity contribution < 1.29 is 23.8 Å². The third-order valence-corrected chi connectivity index (χ3v) is 6.44. The van der Waals surface area contributed by atoms with Crippen molar-refractivity contribution in [3.05, 3.63) is 64.6 Å². The number of carbonyl (C=O) groups excluding carboxylic acids is 2. The van der Waals surface area contributed by atoms with Gasteiger partial charge in [0.05, 0.1) is 27.2 Å². The number of aromatic nitrogens is 1. The van der Waals surface area contributed by atoms with E-state index in [4.69, 9.17) is 14.2 Å². The van der Waals surface area contributed by atoms with E-state index in [1.54, 1.807) is 67.1 Å². The molecule has 2 heterocycles. The molecule has 0 bridgehead atoms. The first-order valence-electron chi connectivity index (χ1n) is 12.0. The number of carbonyl (C=O) groups is 2. The summed E-state index contributed by atoms with van der Waals surface area (Å²) in [6.45, 7) is 3.21. The molecule has 2 amide bonds. The van der Waals surface area contributed by atoms with Gasteiger partial charge in [-0.25, -0.2) is 4.79 Å². The maximum Gasteiger partial charge on any atom is 0.409 e. The molecule has 2 aromatic carbocycles. The third-order valence-electron chi connectivity index (χ3n) is 6.44. The number of anilines is 1. The number of amides is 2. The van der Waals surface area contributed by atoms with Gasteiger partial charge in [0.25, 0.3) is 5.56 Å². The fourth-order valence-electron chi connectivity index (χ4n) is 4.60. The molecule has 0 spiro atoms. The van der Waals surface area contributed by atoms with Gasteiger partial charge < -0.3 is 29.0 Å². The summed E-state index contributed by atoms with van der Waals surface area (Å²) >= 11 is 0. The lowest BCUT2D eigenvalue weighted by atomic mass is 10.0. The highest BCUT2D eigenvalue weighted by atomic mass is 16.6. The standard InChI is InChI=1S/C27H31N3O6/c1-4-36-27(33)29-13-10-19(11-14-29)30-15-12-20-21(26(30)32)6-5-7-22(20)28-25(31)17-18-8-9-23(34-2)24(16-18)35-3/h5-9,12,15-16,19H,4,10-11,13-14,17H2,1-3H3,(H,28,31). The van der Waals surface area contributed by atoms with E-state index in [-0.39, 0.29) is 30.0 Å². The van der Waals surface area contributed by atoms with Gasteiger partial charge in [-0.15, -0.1) is 0 Å². The Hall–Kier alpha value is -4.01. The molecule has 190 valence electrons. The molecule has 3 aromatic rings. The van der Waals surface area contributed by atoms with Gasteiger partial charge in [-0.3, -0.25) is 9.59 Å². The Morgan fingerprint density at radius 2 is 1.75 bits per heavy atom. The summed E-state index contributed by atoms with van der Waals surface area (Å²) in [7, 11) is 3.11. The minimum atomic E-state index is -0.310. The molecular weight excluding hydrogens is 462 g/mol. The van der Waals surface area contributed by atoms with Crippen LogP contribution in [0.25, 0.3) is 10.8 Å². The molecule has 1 aliphatic heterocycles. The Kier molecular flexibility index (Phi) is 7.77. The minimum absolute atomic E-state index is 0.00382. The number of piperidine rings is 1. The quantitative estimate of drug-likeness (QED) is 0.534. The summed E-state index contributed by atoms with van der Waals surface area (Å²) in [4.78, 5) is 39.8. The van der Waals surface area contributed by atoms with Gasteiger partial charge >= 0.3 is 6.09 Å². The van der Waals surface area contributed by atoms with Crippen LogP contribution < -0.4 is 20.3 Å². The number of likely N-dealkylation sites (tertiary alicyclic amines) is 1. The Morgan fingerprint density at radius 3 is 2.44 bits per heavy atom. The highest BCUT2D eigenvalue weighted by Crippen LogP contribution is 2.28. The van der Waals surface area contributed by atoms with Gasteiger partial charge in [0.15, 0.2) is 11.5 Å². The second-order valence-corrected chi connectivity index (χ2v) is 8.63. The summed E-state index contributed by atoms with van der Waals surface area (Å²) in [5.41, 5.74) is 1.25. The number of nitrogens with zero attached hydrogens (tertiary/aromatic N) is 2. The molecule has 0 radical (unpaired) electrons. The van der Waals surface area contributed by atoms with Gasteiger partial charge in [0.1, 0.15) is 0 Å². The first-order valence-corrected chi connectivity index (χ1v) is 12.0. The van der Waals surface area contributed by atoms with Crippen LogP contribution in [0.15, 0.2) is 53.5 Å². The summed E-state index contributed by atoms with van der Waals surface area (Å²) in [6.07, 6.45) is 2.96. The predicted molar refractivity (Wildman–Crippen MR) is 137 cm³/mol. The van der Waals surface area contributed by atoms with E-state index in [2.05, 4.69) is 5.32 Å². The first-order chi connectivity index (χ1) is 17.4. The molecule has 0 atom stereocenters. The van der Waals surface area contributed by atoms with Crippen LogP contribution in [-0.4, -0.2) is 55.4 Å². The van der Waals surface area contributed by atoms with Gasteiger partial charge in [0.2, 0.25) is 5.91 Å². The largest absolute Gasteiger partial charge is 0.493 e. The summed E-state index contributed by atoms with van der Waals surface area (Å²) < 4.78 is 17.4. The zero-order valence-corrected chi connectivity index (χ0v) is 20.8. The highest BCUT2D eigenvalue weighted by Gasteiger charge is 2.25. The molecule has 1 saturated heterocycles. The topological polar surface area (TPSA) is 99.1 Å². The van der Waals surface area contributed by atoms with Crippen LogP contribution in [0.4, 0.5) is 10.5 Å². The predicted octanol–water partition coefficient (Wildman–Crippen LogP) is 3.99. The lowest BCUT2D eigenvalue weighted by Crippen LogP contribution is -2.41.